The Bertz CT molecular complexity index is 280. The van der Waals surface area contributed by atoms with Crippen molar-refractivity contribution in [2.45, 2.75) is 13.3 Å². The topological polar surface area (TPSA) is 38.2 Å². The lowest BCUT2D eigenvalue weighted by Crippen LogP contribution is -2.36. The van der Waals surface area contributed by atoms with E-state index in [1.807, 2.05) is 12.4 Å². The Morgan fingerprint density at radius 1 is 1.29 bits per heavy atom. The molecule has 0 unspecified atom stereocenters. The molecular weight excluding hydrogens is 178 g/mol. The molecule has 0 bridgehead atoms. The van der Waals surface area contributed by atoms with Gasteiger partial charge >= 0.3 is 0 Å². The van der Waals surface area contributed by atoms with Crippen molar-refractivity contribution >= 4 is 5.69 Å². The average molecular weight is 193 g/mol. The molecular formula is C10H15N3O. The highest BCUT2D eigenvalue weighted by Crippen LogP contribution is 2.12. The minimum atomic E-state index is 0.801. The van der Waals surface area contributed by atoms with Crippen molar-refractivity contribution in [1.82, 2.24) is 9.97 Å². The monoisotopic (exact) mass is 193 g/mol. The van der Waals surface area contributed by atoms with Crippen LogP contribution in [0.4, 0.5) is 5.69 Å². The number of hydrogen-bond donors (Lipinski definition) is 0. The van der Waals surface area contributed by atoms with E-state index in [0.29, 0.717) is 0 Å². The van der Waals surface area contributed by atoms with Gasteiger partial charge in [0.05, 0.1) is 31.3 Å². The fourth-order valence-electron chi connectivity index (χ4n) is 1.52. The molecule has 0 atom stereocenters. The van der Waals surface area contributed by atoms with E-state index in [1.54, 1.807) is 0 Å². The van der Waals surface area contributed by atoms with Gasteiger partial charge < -0.3 is 9.64 Å². The van der Waals surface area contributed by atoms with E-state index < -0.39 is 0 Å². The van der Waals surface area contributed by atoms with Gasteiger partial charge in [0.1, 0.15) is 5.82 Å². The second kappa shape index (κ2) is 4.37. The normalized spacial score (nSPS) is 17.1. The third-order valence-electron chi connectivity index (χ3n) is 2.38. The molecule has 4 nitrogen and oxygen atoms in total. The summed E-state index contributed by atoms with van der Waals surface area (Å²) in [5, 5.41) is 0. The van der Waals surface area contributed by atoms with Crippen molar-refractivity contribution in [2.24, 2.45) is 0 Å². The highest BCUT2D eigenvalue weighted by molar-refractivity contribution is 5.42. The molecule has 0 radical (unpaired) electrons. The first kappa shape index (κ1) is 9.40. The Morgan fingerprint density at radius 2 is 1.93 bits per heavy atom. The van der Waals surface area contributed by atoms with Gasteiger partial charge in [0.25, 0.3) is 0 Å². The van der Waals surface area contributed by atoms with Gasteiger partial charge in [-0.15, -0.1) is 0 Å². The smallest absolute Gasteiger partial charge is 0.128 e. The summed E-state index contributed by atoms with van der Waals surface area (Å²) >= 11 is 0. The Labute approximate surface area is 83.9 Å². The van der Waals surface area contributed by atoms with Crippen molar-refractivity contribution in [3.05, 3.63) is 18.2 Å². The number of nitrogens with zero attached hydrogens (tertiary/aromatic N) is 3. The number of hydrogen-bond acceptors (Lipinski definition) is 4. The Kier molecular flexibility index (Phi) is 2.93. The summed E-state index contributed by atoms with van der Waals surface area (Å²) in [4.78, 5) is 10.8. The Morgan fingerprint density at radius 3 is 2.50 bits per heavy atom. The molecule has 0 aromatic carbocycles. The first-order chi connectivity index (χ1) is 6.90. The maximum Gasteiger partial charge on any atom is 0.128 e. The molecule has 0 N–H and O–H groups in total. The molecule has 14 heavy (non-hydrogen) atoms. The van der Waals surface area contributed by atoms with Gasteiger partial charge in [-0.3, -0.25) is 0 Å². The van der Waals surface area contributed by atoms with Crippen molar-refractivity contribution < 1.29 is 4.74 Å². The molecule has 0 amide bonds. The van der Waals surface area contributed by atoms with Crippen LogP contribution in [0, 0.1) is 0 Å². The van der Waals surface area contributed by atoms with Gasteiger partial charge in [0.15, 0.2) is 0 Å². The van der Waals surface area contributed by atoms with Gasteiger partial charge in [-0.05, 0) is 0 Å². The van der Waals surface area contributed by atoms with E-state index >= 15 is 0 Å². The summed E-state index contributed by atoms with van der Waals surface area (Å²) in [5.74, 6) is 0.905. The van der Waals surface area contributed by atoms with Crippen LogP contribution in [0.3, 0.4) is 0 Å². The van der Waals surface area contributed by atoms with E-state index in [0.717, 1.165) is 44.2 Å². The maximum atomic E-state index is 5.28. The Balaban J connectivity index is 2.07. The quantitative estimate of drug-likeness (QED) is 0.698. The number of ether oxygens (including phenoxy) is 1. The summed E-state index contributed by atoms with van der Waals surface area (Å²) in [5.41, 5.74) is 1.10. The molecule has 0 saturated carbocycles. The molecule has 1 saturated heterocycles. The SMILES string of the molecule is CCc1ncc(N2CCOCC2)cn1. The first-order valence-corrected chi connectivity index (χ1v) is 5.04. The zero-order valence-electron chi connectivity index (χ0n) is 8.44. The first-order valence-electron chi connectivity index (χ1n) is 5.04. The van der Waals surface area contributed by atoms with Gasteiger partial charge in [-0.1, -0.05) is 6.92 Å². The molecule has 0 spiro atoms. The van der Waals surface area contributed by atoms with Crippen LogP contribution in [-0.4, -0.2) is 36.3 Å². The minimum absolute atomic E-state index is 0.801. The van der Waals surface area contributed by atoms with Crippen LogP contribution in [0.25, 0.3) is 0 Å². The minimum Gasteiger partial charge on any atom is -0.378 e. The van der Waals surface area contributed by atoms with Crippen LogP contribution >= 0.6 is 0 Å². The molecule has 4 heteroatoms. The van der Waals surface area contributed by atoms with E-state index in [-0.39, 0.29) is 0 Å². The zero-order chi connectivity index (χ0) is 9.80. The maximum absolute atomic E-state index is 5.28. The van der Waals surface area contributed by atoms with Gasteiger partial charge in [0, 0.05) is 19.5 Å². The van der Waals surface area contributed by atoms with Crippen molar-refractivity contribution in [1.29, 1.82) is 0 Å². The summed E-state index contributed by atoms with van der Waals surface area (Å²) in [7, 11) is 0. The zero-order valence-corrected chi connectivity index (χ0v) is 8.44. The van der Waals surface area contributed by atoms with Gasteiger partial charge in [0.2, 0.25) is 0 Å². The van der Waals surface area contributed by atoms with Crippen LogP contribution in [0.5, 0.6) is 0 Å². The molecule has 2 rings (SSSR count). The van der Waals surface area contributed by atoms with Gasteiger partial charge in [-0.25, -0.2) is 9.97 Å². The highest BCUT2D eigenvalue weighted by Gasteiger charge is 2.11. The second-order valence-corrected chi connectivity index (χ2v) is 3.31. The largest absolute Gasteiger partial charge is 0.378 e. The number of aromatic nitrogens is 2. The average Bonchev–Trinajstić information content (AvgIpc) is 2.30. The molecule has 2 heterocycles. The summed E-state index contributed by atoms with van der Waals surface area (Å²) in [6.07, 6.45) is 4.69. The number of morpholine rings is 1. The van der Waals surface area contributed by atoms with Crippen LogP contribution in [-0.2, 0) is 11.2 Å². The number of aryl methyl sites for hydroxylation is 1. The van der Waals surface area contributed by atoms with Gasteiger partial charge in [-0.2, -0.15) is 0 Å². The van der Waals surface area contributed by atoms with Crippen molar-refractivity contribution in [2.75, 3.05) is 31.2 Å². The molecule has 76 valence electrons. The fraction of sp³-hybridized carbons (Fsp3) is 0.600. The predicted molar refractivity (Wildman–Crippen MR) is 54.4 cm³/mol. The van der Waals surface area contributed by atoms with E-state index in [4.69, 9.17) is 4.74 Å². The predicted octanol–water partition coefficient (Wildman–Crippen LogP) is 0.876. The van der Waals surface area contributed by atoms with E-state index in [1.165, 1.54) is 0 Å². The number of anilines is 1. The fourth-order valence-corrected chi connectivity index (χ4v) is 1.52. The van der Waals surface area contributed by atoms with Crippen LogP contribution in [0.15, 0.2) is 12.4 Å². The lowest BCUT2D eigenvalue weighted by atomic mass is 10.3. The van der Waals surface area contributed by atoms with Crippen LogP contribution < -0.4 is 4.90 Å². The lowest BCUT2D eigenvalue weighted by molar-refractivity contribution is 0.122. The molecule has 0 aliphatic carbocycles. The summed E-state index contributed by atoms with van der Waals surface area (Å²) in [6.45, 7) is 5.54. The Hall–Kier alpha value is -1.16. The molecule has 1 aromatic heterocycles. The standard InChI is InChI=1S/C10H15N3O/c1-2-10-11-7-9(8-12-10)13-3-5-14-6-4-13/h7-8H,2-6H2,1H3. The molecule has 1 aromatic rings. The van der Waals surface area contributed by atoms with Crippen molar-refractivity contribution in [3.63, 3.8) is 0 Å². The third kappa shape index (κ3) is 2.01. The second-order valence-electron chi connectivity index (χ2n) is 3.31. The van der Waals surface area contributed by atoms with E-state index in [9.17, 15) is 0 Å². The summed E-state index contributed by atoms with van der Waals surface area (Å²) < 4.78 is 5.28. The van der Waals surface area contributed by atoms with E-state index in [2.05, 4.69) is 21.8 Å². The van der Waals surface area contributed by atoms with Crippen molar-refractivity contribution in [3.8, 4) is 0 Å². The highest BCUT2D eigenvalue weighted by atomic mass is 16.5. The number of rotatable bonds is 2. The van der Waals surface area contributed by atoms with Crippen LogP contribution in [0.2, 0.25) is 0 Å². The lowest BCUT2D eigenvalue weighted by Gasteiger charge is -2.28. The van der Waals surface area contributed by atoms with Crippen LogP contribution in [0.1, 0.15) is 12.7 Å². The summed E-state index contributed by atoms with van der Waals surface area (Å²) in [6, 6.07) is 0. The molecule has 1 fully saturated rings. The molecule has 1 aliphatic heterocycles. The third-order valence-corrected chi connectivity index (χ3v) is 2.38. The molecule has 1 aliphatic rings.